The molecule has 2 aromatic rings. The minimum Gasteiger partial charge on any atom is -0.337 e. The Morgan fingerprint density at radius 2 is 1.68 bits per heavy atom. The topological polar surface area (TPSA) is 104 Å². The maximum Gasteiger partial charge on any atom is 0.328 e. The summed E-state index contributed by atoms with van der Waals surface area (Å²) in [7, 11) is -4.07. The highest BCUT2D eigenvalue weighted by molar-refractivity contribution is 7.90. The van der Waals surface area contributed by atoms with Crippen molar-refractivity contribution in [2.24, 2.45) is 0 Å². The molecule has 2 aromatic carbocycles. The summed E-state index contributed by atoms with van der Waals surface area (Å²) in [5.74, 6) is -2.92. The lowest BCUT2D eigenvalue weighted by atomic mass is 10.2. The highest BCUT2D eigenvalue weighted by Crippen LogP contribution is 2.16. The molecule has 0 unspecified atom stereocenters. The molecule has 0 fully saturated rings. The van der Waals surface area contributed by atoms with Gasteiger partial charge in [-0.15, -0.1) is 0 Å². The second-order valence-electron chi connectivity index (χ2n) is 5.82. The number of halogens is 2. The van der Waals surface area contributed by atoms with E-state index < -0.39 is 33.6 Å². The van der Waals surface area contributed by atoms with E-state index in [1.165, 1.54) is 24.3 Å². The number of carbonyl (C=O) groups is 2. The molecule has 0 atom stereocenters. The minimum atomic E-state index is -4.07. The number of unbranched alkanes of at least 4 members (excludes halogenated alkanes) is 1. The van der Waals surface area contributed by atoms with E-state index in [1.54, 1.807) is 0 Å². The third kappa shape index (κ3) is 5.74. The second-order valence-corrected chi connectivity index (χ2v) is 7.50. The molecule has 3 amide bonds. The summed E-state index contributed by atoms with van der Waals surface area (Å²) < 4.78 is 52.3. The zero-order chi connectivity index (χ0) is 20.7. The van der Waals surface area contributed by atoms with Crippen molar-refractivity contribution in [3.05, 3.63) is 59.7 Å². The van der Waals surface area contributed by atoms with Crippen molar-refractivity contribution >= 4 is 27.6 Å². The first kappa shape index (κ1) is 21.3. The van der Waals surface area contributed by atoms with Gasteiger partial charge in [0.2, 0.25) is 0 Å². The van der Waals surface area contributed by atoms with Crippen LogP contribution in [0.2, 0.25) is 0 Å². The molecular formula is C18H19F2N3O4S. The van der Waals surface area contributed by atoms with Gasteiger partial charge < -0.3 is 10.6 Å². The number of hydrogen-bond acceptors (Lipinski definition) is 4. The number of rotatable bonds is 7. The Kier molecular flexibility index (Phi) is 7.05. The highest BCUT2D eigenvalue weighted by Gasteiger charge is 2.17. The number of carbonyl (C=O) groups excluding carboxylic acids is 2. The molecule has 2 rings (SSSR count). The standard InChI is InChI=1S/C18H19F2N3O4S/c1-2-3-10-21-18(25)23-28(26,27)14-7-5-13(6-8-14)22-17(24)12-4-9-15(19)16(20)11-12/h4-9,11H,2-3,10H2,1H3,(H,22,24)(H2,21,23,25). The summed E-state index contributed by atoms with van der Waals surface area (Å²) in [5, 5.41) is 4.87. The molecule has 0 bridgehead atoms. The molecule has 28 heavy (non-hydrogen) atoms. The van der Waals surface area contributed by atoms with Crippen LogP contribution in [0.3, 0.4) is 0 Å². The molecule has 0 radical (unpaired) electrons. The molecule has 3 N–H and O–H groups in total. The number of amides is 3. The molecule has 7 nitrogen and oxygen atoms in total. The third-order valence-electron chi connectivity index (χ3n) is 3.65. The molecule has 0 saturated heterocycles. The minimum absolute atomic E-state index is 0.0963. The first-order valence-corrected chi connectivity index (χ1v) is 9.88. The lowest BCUT2D eigenvalue weighted by Gasteiger charge is -2.10. The van der Waals surface area contributed by atoms with E-state index in [-0.39, 0.29) is 16.1 Å². The van der Waals surface area contributed by atoms with Gasteiger partial charge in [0.15, 0.2) is 11.6 Å². The predicted octanol–water partition coefficient (Wildman–Crippen LogP) is 3.01. The smallest absolute Gasteiger partial charge is 0.328 e. The van der Waals surface area contributed by atoms with Gasteiger partial charge in [0.05, 0.1) is 4.90 Å². The average Bonchev–Trinajstić information content (AvgIpc) is 2.64. The number of anilines is 1. The van der Waals surface area contributed by atoms with Gasteiger partial charge in [0.25, 0.3) is 15.9 Å². The third-order valence-corrected chi connectivity index (χ3v) is 4.99. The Balaban J connectivity index is 2.02. The fraction of sp³-hybridized carbons (Fsp3) is 0.222. The van der Waals surface area contributed by atoms with Gasteiger partial charge in [-0.3, -0.25) is 4.79 Å². The van der Waals surface area contributed by atoms with E-state index in [9.17, 15) is 26.8 Å². The Bertz CT molecular complexity index is 963. The molecule has 0 aromatic heterocycles. The summed E-state index contributed by atoms with van der Waals surface area (Å²) in [6.07, 6.45) is 1.57. The van der Waals surface area contributed by atoms with Crippen LogP contribution >= 0.6 is 0 Å². The summed E-state index contributed by atoms with van der Waals surface area (Å²) in [6.45, 7) is 2.29. The van der Waals surface area contributed by atoms with E-state index in [2.05, 4.69) is 10.6 Å². The van der Waals surface area contributed by atoms with Crippen LogP contribution in [-0.2, 0) is 10.0 Å². The summed E-state index contributed by atoms with van der Waals surface area (Å²) in [4.78, 5) is 23.5. The van der Waals surface area contributed by atoms with Gasteiger partial charge in [0, 0.05) is 17.8 Å². The van der Waals surface area contributed by atoms with Crippen molar-refractivity contribution in [1.29, 1.82) is 0 Å². The first-order chi connectivity index (χ1) is 13.2. The normalized spacial score (nSPS) is 11.0. The quantitative estimate of drug-likeness (QED) is 0.609. The summed E-state index contributed by atoms with van der Waals surface area (Å²) in [6, 6.07) is 6.88. The van der Waals surface area contributed by atoms with Crippen molar-refractivity contribution < 1.29 is 26.8 Å². The summed E-state index contributed by atoms with van der Waals surface area (Å²) in [5.41, 5.74) is 0.141. The van der Waals surface area contributed by atoms with Crippen LogP contribution < -0.4 is 15.4 Å². The maximum absolute atomic E-state index is 13.2. The molecule has 150 valence electrons. The molecular weight excluding hydrogens is 392 g/mol. The monoisotopic (exact) mass is 411 g/mol. The largest absolute Gasteiger partial charge is 0.337 e. The van der Waals surface area contributed by atoms with Gasteiger partial charge in [0.1, 0.15) is 0 Å². The molecule has 0 aliphatic rings. The van der Waals surface area contributed by atoms with Crippen LogP contribution in [0.4, 0.5) is 19.3 Å². The van der Waals surface area contributed by atoms with Crippen LogP contribution in [0, 0.1) is 11.6 Å². The van der Waals surface area contributed by atoms with Crippen LogP contribution in [0.5, 0.6) is 0 Å². The van der Waals surface area contributed by atoms with Crippen LogP contribution in [0.15, 0.2) is 47.4 Å². The number of urea groups is 1. The zero-order valence-electron chi connectivity index (χ0n) is 15.0. The number of hydrogen-bond donors (Lipinski definition) is 3. The zero-order valence-corrected chi connectivity index (χ0v) is 15.8. The molecule has 0 saturated carbocycles. The predicted molar refractivity (Wildman–Crippen MR) is 99.4 cm³/mol. The van der Waals surface area contributed by atoms with E-state index in [1.807, 2.05) is 11.6 Å². The fourth-order valence-electron chi connectivity index (χ4n) is 2.15. The molecule has 0 aliphatic heterocycles. The number of nitrogens with one attached hydrogen (secondary N) is 3. The van der Waals surface area contributed by atoms with Crippen molar-refractivity contribution in [3.8, 4) is 0 Å². The Labute approximate surface area is 161 Å². The average molecular weight is 411 g/mol. The molecule has 0 aliphatic carbocycles. The van der Waals surface area contributed by atoms with Crippen molar-refractivity contribution in [3.63, 3.8) is 0 Å². The van der Waals surface area contributed by atoms with Gasteiger partial charge in [-0.2, -0.15) is 0 Å². The van der Waals surface area contributed by atoms with E-state index in [4.69, 9.17) is 0 Å². The maximum atomic E-state index is 13.2. The lowest BCUT2D eigenvalue weighted by Crippen LogP contribution is -2.39. The number of sulfonamides is 1. The van der Waals surface area contributed by atoms with E-state index >= 15 is 0 Å². The van der Waals surface area contributed by atoms with Crippen LogP contribution in [-0.4, -0.2) is 26.9 Å². The SMILES string of the molecule is CCCCNC(=O)NS(=O)(=O)c1ccc(NC(=O)c2ccc(F)c(F)c2)cc1. The summed E-state index contributed by atoms with van der Waals surface area (Å²) >= 11 is 0. The Morgan fingerprint density at radius 3 is 2.29 bits per heavy atom. The Hall–Kier alpha value is -3.01. The van der Waals surface area contributed by atoms with Crippen molar-refractivity contribution in [2.75, 3.05) is 11.9 Å². The van der Waals surface area contributed by atoms with Crippen molar-refractivity contribution in [1.82, 2.24) is 10.0 Å². The second kappa shape index (κ2) is 9.27. The van der Waals surface area contributed by atoms with E-state index in [0.29, 0.717) is 6.54 Å². The molecule has 0 spiro atoms. The van der Waals surface area contributed by atoms with Gasteiger partial charge in [-0.05, 0) is 48.9 Å². The van der Waals surface area contributed by atoms with Crippen molar-refractivity contribution in [2.45, 2.75) is 24.7 Å². The van der Waals surface area contributed by atoms with Gasteiger partial charge in [-0.1, -0.05) is 13.3 Å². The molecule has 10 heteroatoms. The lowest BCUT2D eigenvalue weighted by molar-refractivity contribution is 0.102. The van der Waals surface area contributed by atoms with E-state index in [0.717, 1.165) is 31.0 Å². The first-order valence-electron chi connectivity index (χ1n) is 8.40. The van der Waals surface area contributed by atoms with Crippen LogP contribution in [0.25, 0.3) is 0 Å². The van der Waals surface area contributed by atoms with Crippen LogP contribution in [0.1, 0.15) is 30.1 Å². The van der Waals surface area contributed by atoms with Gasteiger partial charge in [-0.25, -0.2) is 26.7 Å². The number of benzene rings is 2. The Morgan fingerprint density at radius 1 is 1.00 bits per heavy atom. The highest BCUT2D eigenvalue weighted by atomic mass is 32.2. The molecule has 0 heterocycles. The fourth-order valence-corrected chi connectivity index (χ4v) is 3.08. The van der Waals surface area contributed by atoms with Gasteiger partial charge >= 0.3 is 6.03 Å².